The summed E-state index contributed by atoms with van der Waals surface area (Å²) in [5.41, 5.74) is 2.28. The summed E-state index contributed by atoms with van der Waals surface area (Å²) in [6, 6.07) is 3.82. The van der Waals surface area contributed by atoms with Crippen molar-refractivity contribution < 1.29 is 14.6 Å². The second-order valence-electron chi connectivity index (χ2n) is 6.87. The van der Waals surface area contributed by atoms with Crippen molar-refractivity contribution in [3.63, 3.8) is 0 Å². The lowest BCUT2D eigenvalue weighted by atomic mass is 10.2. The number of hydrogen-bond acceptors (Lipinski definition) is 8. The second-order valence-corrected chi connectivity index (χ2v) is 7.78. The van der Waals surface area contributed by atoms with Crippen molar-refractivity contribution in [1.29, 1.82) is 0 Å². The first-order valence-electron chi connectivity index (χ1n) is 9.14. The van der Waals surface area contributed by atoms with Gasteiger partial charge in [0.1, 0.15) is 10.6 Å². The highest BCUT2D eigenvalue weighted by molar-refractivity contribution is 7.12. The summed E-state index contributed by atoms with van der Waals surface area (Å²) in [5.74, 6) is -0.667. The van der Waals surface area contributed by atoms with E-state index in [9.17, 15) is 14.7 Å². The molecule has 11 heteroatoms. The lowest BCUT2D eigenvalue weighted by Crippen LogP contribution is -2.19. The number of rotatable bonds is 4. The minimum atomic E-state index is -0.512. The van der Waals surface area contributed by atoms with Gasteiger partial charge in [-0.2, -0.15) is 9.61 Å². The van der Waals surface area contributed by atoms with Gasteiger partial charge < -0.3 is 14.8 Å². The number of aromatic nitrogens is 5. The monoisotopic (exact) mass is 424 g/mol. The quantitative estimate of drug-likeness (QED) is 0.410. The van der Waals surface area contributed by atoms with Crippen LogP contribution in [0, 0.1) is 0 Å². The molecule has 152 valence electrons. The molecule has 1 fully saturated rings. The molecule has 0 radical (unpaired) electrons. The maximum atomic E-state index is 11.8. The number of methoxy groups -OCH3 is 1. The van der Waals surface area contributed by atoms with Crippen molar-refractivity contribution in [1.82, 2.24) is 24.6 Å². The molecule has 1 aliphatic rings. The Hall–Kier alpha value is -3.73. The number of ether oxygens (including phenoxy) is 1. The minimum absolute atomic E-state index is 0.228. The van der Waals surface area contributed by atoms with Crippen LogP contribution in [0.2, 0.25) is 0 Å². The zero-order valence-corrected chi connectivity index (χ0v) is 16.6. The van der Waals surface area contributed by atoms with Gasteiger partial charge in [-0.3, -0.25) is 9.98 Å². The summed E-state index contributed by atoms with van der Waals surface area (Å²) >= 11 is 1.28. The van der Waals surface area contributed by atoms with Crippen molar-refractivity contribution in [3.8, 4) is 17.1 Å². The average molecular weight is 424 g/mol. The average Bonchev–Trinajstić information content (AvgIpc) is 3.12. The summed E-state index contributed by atoms with van der Waals surface area (Å²) in [4.78, 5) is 37.9. The fourth-order valence-corrected chi connectivity index (χ4v) is 3.84. The normalized spacial score (nSPS) is 15.2. The lowest BCUT2D eigenvalue weighted by molar-refractivity contribution is 0.0606. The Labute approximate surface area is 172 Å². The fraction of sp³-hybridized carbons (Fsp3) is 0.211. The molecule has 4 aromatic heterocycles. The standard InChI is InChI=1S/C19H16N6O4S/c1-29-18(27)14-5-10(8-30-14)12-6-15(21-11-2-3-11)25-16(22-12)9(7-20-25)4-13-17(26)24-19(28)23-13/h4-8,11,26H,2-3H2,1H3,(H2,23,24,28)/b9-4-,21-15?. The molecule has 0 bridgehead atoms. The largest absolute Gasteiger partial charge is 0.493 e. The van der Waals surface area contributed by atoms with E-state index in [1.54, 1.807) is 22.9 Å². The molecule has 0 spiro atoms. The molecule has 30 heavy (non-hydrogen) atoms. The summed E-state index contributed by atoms with van der Waals surface area (Å²) < 4.78 is 6.41. The molecule has 3 N–H and O–H groups in total. The van der Waals surface area contributed by atoms with Crippen LogP contribution in [0.3, 0.4) is 0 Å². The summed E-state index contributed by atoms with van der Waals surface area (Å²) in [6.45, 7) is 0. The van der Waals surface area contributed by atoms with Gasteiger partial charge in [0.25, 0.3) is 0 Å². The Balaban J connectivity index is 1.72. The molecular formula is C19H16N6O4S. The van der Waals surface area contributed by atoms with E-state index in [1.165, 1.54) is 18.4 Å². The summed E-state index contributed by atoms with van der Waals surface area (Å²) in [6.07, 6.45) is 5.24. The highest BCUT2D eigenvalue weighted by Gasteiger charge is 2.21. The van der Waals surface area contributed by atoms with Crippen LogP contribution in [0.15, 0.2) is 33.5 Å². The molecule has 4 aromatic rings. The molecule has 0 aliphatic heterocycles. The number of carbonyl (C=O) groups excluding carboxylic acids is 1. The molecule has 1 aliphatic carbocycles. The van der Waals surface area contributed by atoms with Crippen LogP contribution in [-0.2, 0) is 4.74 Å². The van der Waals surface area contributed by atoms with Crippen molar-refractivity contribution >= 4 is 29.0 Å². The van der Waals surface area contributed by atoms with Crippen LogP contribution in [0.5, 0.6) is 5.88 Å². The number of H-pyrrole nitrogens is 2. The smallest absolute Gasteiger partial charge is 0.348 e. The van der Waals surface area contributed by atoms with E-state index in [-0.39, 0.29) is 17.6 Å². The topological polar surface area (TPSA) is 138 Å². The van der Waals surface area contributed by atoms with E-state index in [0.717, 1.165) is 18.4 Å². The van der Waals surface area contributed by atoms with Crippen LogP contribution in [0.4, 0.5) is 0 Å². The first-order valence-corrected chi connectivity index (χ1v) is 10.0. The van der Waals surface area contributed by atoms with Crippen LogP contribution < -0.4 is 16.4 Å². The number of carbonyl (C=O) groups is 1. The van der Waals surface area contributed by atoms with Gasteiger partial charge in [0.05, 0.1) is 25.0 Å². The molecule has 0 aromatic carbocycles. The van der Waals surface area contributed by atoms with Gasteiger partial charge in [-0.15, -0.1) is 11.3 Å². The van der Waals surface area contributed by atoms with Crippen molar-refractivity contribution in [2.75, 3.05) is 7.11 Å². The Kier molecular flexibility index (Phi) is 4.24. The van der Waals surface area contributed by atoms with Crippen molar-refractivity contribution in [2.45, 2.75) is 18.9 Å². The van der Waals surface area contributed by atoms with Crippen molar-refractivity contribution in [3.05, 3.63) is 55.5 Å². The van der Waals surface area contributed by atoms with Gasteiger partial charge in [-0.25, -0.2) is 14.6 Å². The number of imidazole rings is 1. The zero-order valence-electron chi connectivity index (χ0n) is 15.7. The van der Waals surface area contributed by atoms with E-state index in [4.69, 9.17) is 14.7 Å². The highest BCUT2D eigenvalue weighted by atomic mass is 32.1. The lowest BCUT2D eigenvalue weighted by Gasteiger charge is -2.01. The van der Waals surface area contributed by atoms with Crippen LogP contribution in [0.25, 0.3) is 23.0 Å². The molecule has 5 rings (SSSR count). The third-order valence-corrected chi connectivity index (χ3v) is 5.57. The first kappa shape index (κ1) is 18.3. The molecule has 0 unspecified atom stereocenters. The maximum absolute atomic E-state index is 11.8. The van der Waals surface area contributed by atoms with Crippen LogP contribution >= 0.6 is 11.3 Å². The predicted octanol–water partition coefficient (Wildman–Crippen LogP) is 0.577. The van der Waals surface area contributed by atoms with E-state index in [1.807, 2.05) is 11.4 Å². The Morgan fingerprint density at radius 1 is 1.40 bits per heavy atom. The maximum Gasteiger partial charge on any atom is 0.348 e. The molecule has 1 saturated carbocycles. The molecule has 0 atom stereocenters. The molecule has 0 amide bonds. The number of esters is 1. The molecular weight excluding hydrogens is 408 g/mol. The van der Waals surface area contributed by atoms with Gasteiger partial charge in [0.15, 0.2) is 11.1 Å². The zero-order chi connectivity index (χ0) is 20.8. The first-order chi connectivity index (χ1) is 14.5. The SMILES string of the molecule is COC(=O)c1cc(-c2cc(=NC3CC3)n3nc/c(=C/c4[nH]c(=O)[nH]c4O)c3n2)cs1. The second kappa shape index (κ2) is 6.95. The number of nitrogens with zero attached hydrogens (tertiary/aromatic N) is 4. The molecule has 4 heterocycles. The number of hydrogen-bond donors (Lipinski definition) is 3. The fourth-order valence-electron chi connectivity index (χ4n) is 3.02. The van der Waals surface area contributed by atoms with Gasteiger partial charge in [-0.1, -0.05) is 0 Å². The number of aromatic hydroxyl groups is 1. The third kappa shape index (κ3) is 3.28. The summed E-state index contributed by atoms with van der Waals surface area (Å²) in [5, 5.41) is 16.7. The van der Waals surface area contributed by atoms with Gasteiger partial charge in [-0.05, 0) is 25.0 Å². The number of nitrogens with one attached hydrogen (secondary N) is 2. The molecule has 0 saturated heterocycles. The number of thiophene rings is 1. The summed E-state index contributed by atoms with van der Waals surface area (Å²) in [7, 11) is 1.34. The van der Waals surface area contributed by atoms with Gasteiger partial charge in [0, 0.05) is 22.2 Å². The Morgan fingerprint density at radius 3 is 2.93 bits per heavy atom. The highest BCUT2D eigenvalue weighted by Crippen LogP contribution is 2.25. The van der Waals surface area contributed by atoms with Gasteiger partial charge >= 0.3 is 11.7 Å². The number of aromatic amines is 2. The van der Waals surface area contributed by atoms with Gasteiger partial charge in [0.2, 0.25) is 5.88 Å². The van der Waals surface area contributed by atoms with Crippen LogP contribution in [-0.4, -0.2) is 48.8 Å². The third-order valence-electron chi connectivity index (χ3n) is 4.66. The predicted molar refractivity (Wildman–Crippen MR) is 108 cm³/mol. The Morgan fingerprint density at radius 2 is 2.23 bits per heavy atom. The van der Waals surface area contributed by atoms with E-state index < -0.39 is 11.7 Å². The van der Waals surface area contributed by atoms with E-state index >= 15 is 0 Å². The molecule has 10 nitrogen and oxygen atoms in total. The number of fused-ring (bicyclic) bond motifs is 1. The van der Waals surface area contributed by atoms with E-state index in [2.05, 4.69) is 15.1 Å². The van der Waals surface area contributed by atoms with Crippen molar-refractivity contribution in [2.24, 2.45) is 4.99 Å². The van der Waals surface area contributed by atoms with E-state index in [0.29, 0.717) is 26.9 Å². The van der Waals surface area contributed by atoms with Crippen LogP contribution in [0.1, 0.15) is 28.2 Å². The minimum Gasteiger partial charge on any atom is -0.493 e. The Bertz CT molecular complexity index is 1460.